The number of benzene rings is 2. The number of hydrogen-bond donors (Lipinski definition) is 1. The lowest BCUT2D eigenvalue weighted by Crippen LogP contribution is -2.28. The highest BCUT2D eigenvalue weighted by Gasteiger charge is 2.31. The van der Waals surface area contributed by atoms with E-state index in [9.17, 15) is 0 Å². The summed E-state index contributed by atoms with van der Waals surface area (Å²) in [5.74, 6) is 0. The van der Waals surface area contributed by atoms with Crippen molar-refractivity contribution >= 4 is 10.9 Å². The molecule has 30 heavy (non-hydrogen) atoms. The summed E-state index contributed by atoms with van der Waals surface area (Å²) in [5.41, 5.74) is 10.2. The lowest BCUT2D eigenvalue weighted by Gasteiger charge is -2.26. The van der Waals surface area contributed by atoms with Crippen LogP contribution in [0.25, 0.3) is 27.8 Å². The Labute approximate surface area is 178 Å². The van der Waals surface area contributed by atoms with E-state index >= 15 is 0 Å². The zero-order valence-corrected chi connectivity index (χ0v) is 18.6. The highest BCUT2D eigenvalue weighted by Crippen LogP contribution is 2.37. The summed E-state index contributed by atoms with van der Waals surface area (Å²) in [6.45, 7) is 14.2. The van der Waals surface area contributed by atoms with Gasteiger partial charge in [-0.05, 0) is 48.6 Å². The molecule has 4 nitrogen and oxygen atoms in total. The first kappa shape index (κ1) is 19.1. The van der Waals surface area contributed by atoms with Crippen molar-refractivity contribution in [1.82, 2.24) is 19.7 Å². The van der Waals surface area contributed by atoms with Gasteiger partial charge in [-0.2, -0.15) is 5.10 Å². The van der Waals surface area contributed by atoms with Crippen LogP contribution in [0, 0.1) is 19.3 Å². The van der Waals surface area contributed by atoms with Crippen molar-refractivity contribution in [1.29, 1.82) is 0 Å². The molecule has 0 spiro atoms. The van der Waals surface area contributed by atoms with Gasteiger partial charge in [-0.15, -0.1) is 0 Å². The van der Waals surface area contributed by atoms with E-state index in [0.29, 0.717) is 0 Å². The molecule has 0 radical (unpaired) electrons. The predicted molar refractivity (Wildman–Crippen MR) is 124 cm³/mol. The van der Waals surface area contributed by atoms with E-state index < -0.39 is 0 Å². The number of hydrogen-bond acceptors (Lipinski definition) is 2. The van der Waals surface area contributed by atoms with Crippen LogP contribution in [-0.2, 0) is 13.1 Å². The standard InChI is InChI=1S/C26H30N4/c1-17-7-6-8-18(2)24(17)30-25(20-9-10-22-19(13-20)11-12-27-22)21-14-29(15-23(21)28-30)16-26(3,4)5/h6-13,27H,14-16H2,1-5H3. The van der Waals surface area contributed by atoms with Gasteiger partial charge in [0.2, 0.25) is 0 Å². The predicted octanol–water partition coefficient (Wildman–Crippen LogP) is 6.00. The molecule has 3 heterocycles. The van der Waals surface area contributed by atoms with Crippen molar-refractivity contribution in [3.8, 4) is 16.9 Å². The van der Waals surface area contributed by atoms with Crippen LogP contribution in [0.15, 0.2) is 48.7 Å². The fourth-order valence-corrected chi connectivity index (χ4v) is 4.86. The lowest BCUT2D eigenvalue weighted by molar-refractivity contribution is 0.191. The monoisotopic (exact) mass is 398 g/mol. The number of aromatic nitrogens is 3. The Morgan fingerprint density at radius 3 is 2.50 bits per heavy atom. The number of aromatic amines is 1. The third-order valence-corrected chi connectivity index (χ3v) is 6.00. The number of nitrogens with one attached hydrogen (secondary N) is 1. The van der Waals surface area contributed by atoms with Crippen molar-refractivity contribution in [3.05, 3.63) is 71.0 Å². The second kappa shape index (κ2) is 6.85. The maximum Gasteiger partial charge on any atom is 0.0820 e. The molecule has 1 N–H and O–H groups in total. The summed E-state index contributed by atoms with van der Waals surface area (Å²) < 4.78 is 2.21. The number of nitrogens with zero attached hydrogens (tertiary/aromatic N) is 3. The molecule has 4 heteroatoms. The second-order valence-electron chi connectivity index (χ2n) is 9.91. The van der Waals surface area contributed by atoms with Crippen LogP contribution in [0.5, 0.6) is 0 Å². The molecule has 0 aliphatic carbocycles. The fourth-order valence-electron chi connectivity index (χ4n) is 4.86. The molecule has 0 bridgehead atoms. The van der Waals surface area contributed by atoms with Crippen LogP contribution in [-0.4, -0.2) is 26.2 Å². The van der Waals surface area contributed by atoms with E-state index in [4.69, 9.17) is 5.10 Å². The van der Waals surface area contributed by atoms with Gasteiger partial charge in [-0.3, -0.25) is 4.90 Å². The molecule has 4 aromatic rings. The molecule has 0 atom stereocenters. The van der Waals surface area contributed by atoms with Gasteiger partial charge < -0.3 is 4.98 Å². The fraction of sp³-hybridized carbons (Fsp3) is 0.346. The average Bonchev–Trinajstić information content (AvgIpc) is 3.33. The van der Waals surface area contributed by atoms with Gasteiger partial charge in [-0.1, -0.05) is 45.0 Å². The molecule has 1 aliphatic heterocycles. The molecular weight excluding hydrogens is 368 g/mol. The highest BCUT2D eigenvalue weighted by molar-refractivity contribution is 5.85. The number of fused-ring (bicyclic) bond motifs is 2. The summed E-state index contributed by atoms with van der Waals surface area (Å²) in [7, 11) is 0. The number of rotatable bonds is 3. The third-order valence-electron chi connectivity index (χ3n) is 6.00. The molecule has 5 rings (SSSR count). The van der Waals surface area contributed by atoms with Crippen molar-refractivity contribution in [2.45, 2.75) is 47.7 Å². The molecular formula is C26H30N4. The van der Waals surface area contributed by atoms with Crippen molar-refractivity contribution < 1.29 is 0 Å². The first-order valence-electron chi connectivity index (χ1n) is 10.8. The van der Waals surface area contributed by atoms with Crippen molar-refractivity contribution in [2.24, 2.45) is 5.41 Å². The zero-order chi connectivity index (χ0) is 21.0. The molecule has 2 aromatic heterocycles. The molecule has 0 amide bonds. The van der Waals surface area contributed by atoms with Crippen molar-refractivity contribution in [3.63, 3.8) is 0 Å². The van der Waals surface area contributed by atoms with E-state index in [2.05, 4.69) is 91.6 Å². The van der Waals surface area contributed by atoms with Crippen LogP contribution in [0.2, 0.25) is 0 Å². The van der Waals surface area contributed by atoms with Crippen LogP contribution in [0.1, 0.15) is 43.2 Å². The van der Waals surface area contributed by atoms with E-state index in [-0.39, 0.29) is 5.41 Å². The van der Waals surface area contributed by atoms with E-state index in [1.165, 1.54) is 50.2 Å². The Bertz CT molecular complexity index is 1220. The quantitative estimate of drug-likeness (QED) is 0.459. The summed E-state index contributed by atoms with van der Waals surface area (Å²) in [5, 5.41) is 6.41. The normalized spacial score (nSPS) is 14.6. The smallest absolute Gasteiger partial charge is 0.0820 e. The largest absolute Gasteiger partial charge is 0.361 e. The summed E-state index contributed by atoms with van der Waals surface area (Å²) in [4.78, 5) is 5.84. The molecule has 0 unspecified atom stereocenters. The van der Waals surface area contributed by atoms with Gasteiger partial charge in [0, 0.05) is 47.9 Å². The van der Waals surface area contributed by atoms with Crippen LogP contribution in [0.3, 0.4) is 0 Å². The first-order valence-corrected chi connectivity index (χ1v) is 10.8. The van der Waals surface area contributed by atoms with Gasteiger partial charge in [0.15, 0.2) is 0 Å². The zero-order valence-electron chi connectivity index (χ0n) is 18.6. The highest BCUT2D eigenvalue weighted by atomic mass is 15.3. The molecule has 0 saturated heterocycles. The van der Waals surface area contributed by atoms with Gasteiger partial charge in [0.1, 0.15) is 0 Å². The second-order valence-corrected chi connectivity index (χ2v) is 9.91. The summed E-state index contributed by atoms with van der Waals surface area (Å²) >= 11 is 0. The SMILES string of the molecule is Cc1cccc(C)c1-n1nc2c(c1-c1ccc3[nH]ccc3c1)CN(CC(C)(C)C)C2. The van der Waals surface area contributed by atoms with Crippen LogP contribution in [0.4, 0.5) is 0 Å². The Hall–Kier alpha value is -2.85. The van der Waals surface area contributed by atoms with Gasteiger partial charge in [0.25, 0.3) is 0 Å². The number of H-pyrrole nitrogens is 1. The Kier molecular flexibility index (Phi) is 4.37. The summed E-state index contributed by atoms with van der Waals surface area (Å²) in [6, 6.07) is 15.3. The minimum atomic E-state index is 0.274. The third kappa shape index (κ3) is 3.25. The van der Waals surface area contributed by atoms with E-state index in [1.807, 2.05) is 6.20 Å². The lowest BCUT2D eigenvalue weighted by atomic mass is 9.96. The Morgan fingerprint density at radius 1 is 1.00 bits per heavy atom. The molecule has 0 fully saturated rings. The summed E-state index contributed by atoms with van der Waals surface area (Å²) in [6.07, 6.45) is 2.01. The maximum atomic E-state index is 5.17. The minimum Gasteiger partial charge on any atom is -0.361 e. The maximum absolute atomic E-state index is 5.17. The van der Waals surface area contributed by atoms with E-state index in [1.54, 1.807) is 0 Å². The van der Waals surface area contributed by atoms with Crippen molar-refractivity contribution in [2.75, 3.05) is 6.54 Å². The Balaban J connectivity index is 1.69. The van der Waals surface area contributed by atoms with Gasteiger partial charge in [0.05, 0.1) is 17.1 Å². The van der Waals surface area contributed by atoms with E-state index in [0.717, 1.165) is 19.6 Å². The number of para-hydroxylation sites is 1. The molecule has 0 saturated carbocycles. The molecule has 154 valence electrons. The number of aryl methyl sites for hydroxylation is 2. The average molecular weight is 399 g/mol. The molecule has 1 aliphatic rings. The Morgan fingerprint density at radius 2 is 1.77 bits per heavy atom. The topological polar surface area (TPSA) is 36.9 Å². The van der Waals surface area contributed by atoms with Crippen LogP contribution >= 0.6 is 0 Å². The first-order chi connectivity index (χ1) is 14.3. The minimum absolute atomic E-state index is 0.274. The van der Waals surface area contributed by atoms with Crippen LogP contribution < -0.4 is 0 Å². The van der Waals surface area contributed by atoms with Gasteiger partial charge >= 0.3 is 0 Å². The molecule has 2 aromatic carbocycles. The van der Waals surface area contributed by atoms with Gasteiger partial charge in [-0.25, -0.2) is 4.68 Å².